The number of para-hydroxylation sites is 1. The Labute approximate surface area is 128 Å². The molecule has 1 fully saturated rings. The maximum Gasteiger partial charge on any atom is 0.122 e. The lowest BCUT2D eigenvalue weighted by molar-refractivity contribution is 0.0583. The molecule has 1 aliphatic rings. The highest BCUT2D eigenvalue weighted by Crippen LogP contribution is 2.16. The fraction of sp³-hybridized carbons (Fsp3) is 0.647. The zero-order chi connectivity index (χ0) is 15.1. The summed E-state index contributed by atoms with van der Waals surface area (Å²) >= 11 is 0. The molecule has 1 aromatic carbocycles. The zero-order valence-electron chi connectivity index (χ0n) is 13.3. The van der Waals surface area contributed by atoms with Gasteiger partial charge < -0.3 is 9.84 Å². The lowest BCUT2D eigenvalue weighted by Crippen LogP contribution is -2.51. The smallest absolute Gasteiger partial charge is 0.122 e. The summed E-state index contributed by atoms with van der Waals surface area (Å²) in [5.74, 6) is 0.988. The first-order chi connectivity index (χ1) is 10.2. The maximum absolute atomic E-state index is 9.36. The van der Waals surface area contributed by atoms with Crippen molar-refractivity contribution in [3.8, 4) is 5.75 Å². The fourth-order valence-electron chi connectivity index (χ4n) is 2.86. The normalized spacial score (nSPS) is 18.6. The van der Waals surface area contributed by atoms with E-state index in [0.29, 0.717) is 6.04 Å². The van der Waals surface area contributed by atoms with Crippen molar-refractivity contribution in [3.05, 3.63) is 29.8 Å². The summed E-state index contributed by atoms with van der Waals surface area (Å²) in [6.45, 7) is 10.4. The summed E-state index contributed by atoms with van der Waals surface area (Å²) in [6.07, 6.45) is 1.02. The van der Waals surface area contributed by atoms with Gasteiger partial charge in [0.1, 0.15) is 12.4 Å². The van der Waals surface area contributed by atoms with Crippen LogP contribution in [0.4, 0.5) is 0 Å². The summed E-state index contributed by atoms with van der Waals surface area (Å²) in [5.41, 5.74) is 1.19. The molecule has 1 saturated heterocycles. The highest BCUT2D eigenvalue weighted by atomic mass is 16.5. The molecule has 0 radical (unpaired) electrons. The molecule has 0 bridgehead atoms. The molecule has 1 heterocycles. The van der Waals surface area contributed by atoms with Gasteiger partial charge in [-0.1, -0.05) is 25.1 Å². The molecule has 118 valence electrons. The first-order valence-electron chi connectivity index (χ1n) is 8.00. The number of nitrogens with zero attached hydrogens (tertiary/aromatic N) is 2. The van der Waals surface area contributed by atoms with Gasteiger partial charge in [-0.05, 0) is 25.0 Å². The summed E-state index contributed by atoms with van der Waals surface area (Å²) in [5, 5.41) is 9.36. The van der Waals surface area contributed by atoms with Gasteiger partial charge in [-0.15, -0.1) is 0 Å². The molecule has 0 aromatic heterocycles. The zero-order valence-corrected chi connectivity index (χ0v) is 13.3. The molecular weight excluding hydrogens is 264 g/mol. The molecule has 1 aromatic rings. The first-order valence-corrected chi connectivity index (χ1v) is 8.00. The van der Waals surface area contributed by atoms with Crippen LogP contribution < -0.4 is 4.74 Å². The number of benzene rings is 1. The number of aliphatic hydroxyl groups excluding tert-OH is 1. The number of rotatable bonds is 7. The van der Waals surface area contributed by atoms with Crippen LogP contribution in [0.2, 0.25) is 0 Å². The van der Waals surface area contributed by atoms with Gasteiger partial charge >= 0.3 is 0 Å². The van der Waals surface area contributed by atoms with Crippen LogP contribution >= 0.6 is 0 Å². The lowest BCUT2D eigenvalue weighted by Gasteiger charge is -2.38. The monoisotopic (exact) mass is 292 g/mol. The molecule has 4 nitrogen and oxygen atoms in total. The van der Waals surface area contributed by atoms with Crippen molar-refractivity contribution in [2.24, 2.45) is 0 Å². The Balaban J connectivity index is 1.68. The number of hydrogen-bond acceptors (Lipinski definition) is 4. The largest absolute Gasteiger partial charge is 0.492 e. The maximum atomic E-state index is 9.36. The van der Waals surface area contributed by atoms with E-state index in [0.717, 1.165) is 51.5 Å². The van der Waals surface area contributed by atoms with Crippen LogP contribution in [0.3, 0.4) is 0 Å². The van der Waals surface area contributed by atoms with Crippen LogP contribution in [-0.4, -0.2) is 66.9 Å². The minimum absolute atomic E-state index is 0.271. The molecule has 0 amide bonds. The van der Waals surface area contributed by atoms with Crippen LogP contribution in [0.25, 0.3) is 0 Å². The van der Waals surface area contributed by atoms with Crippen molar-refractivity contribution in [2.45, 2.75) is 26.3 Å². The summed E-state index contributed by atoms with van der Waals surface area (Å²) in [7, 11) is 0. The van der Waals surface area contributed by atoms with Crippen molar-refractivity contribution in [1.82, 2.24) is 9.80 Å². The highest BCUT2D eigenvalue weighted by molar-refractivity contribution is 5.31. The van der Waals surface area contributed by atoms with Crippen LogP contribution in [0.15, 0.2) is 24.3 Å². The predicted octanol–water partition coefficient (Wildman–Crippen LogP) is 1.76. The third-order valence-electron chi connectivity index (χ3n) is 4.36. The third kappa shape index (κ3) is 4.70. The Kier molecular flexibility index (Phi) is 6.49. The van der Waals surface area contributed by atoms with Gasteiger partial charge in [0.15, 0.2) is 0 Å². The number of aliphatic hydroxyl groups is 1. The van der Waals surface area contributed by atoms with E-state index in [2.05, 4.69) is 29.7 Å². The highest BCUT2D eigenvalue weighted by Gasteiger charge is 2.21. The van der Waals surface area contributed by atoms with E-state index >= 15 is 0 Å². The molecule has 21 heavy (non-hydrogen) atoms. The standard InChI is InChI=1S/C17H28N2O2/c1-3-16(14-20)19-10-8-18(9-11-19)12-13-21-17-7-5-4-6-15(17)2/h4-7,16,20H,3,8-14H2,1-2H3. The minimum Gasteiger partial charge on any atom is -0.492 e. The molecule has 0 aliphatic carbocycles. The van der Waals surface area contributed by atoms with Gasteiger partial charge in [0, 0.05) is 38.8 Å². The third-order valence-corrected chi connectivity index (χ3v) is 4.36. The Morgan fingerprint density at radius 1 is 1.19 bits per heavy atom. The van der Waals surface area contributed by atoms with E-state index in [9.17, 15) is 5.11 Å². The second-order valence-corrected chi connectivity index (χ2v) is 5.74. The second-order valence-electron chi connectivity index (χ2n) is 5.74. The Hall–Kier alpha value is -1.10. The average Bonchev–Trinajstić information content (AvgIpc) is 2.52. The molecule has 1 atom stereocenters. The average molecular weight is 292 g/mol. The van der Waals surface area contributed by atoms with E-state index in [4.69, 9.17) is 4.74 Å². The molecule has 1 aliphatic heterocycles. The fourth-order valence-corrected chi connectivity index (χ4v) is 2.86. The van der Waals surface area contributed by atoms with Gasteiger partial charge in [0.25, 0.3) is 0 Å². The van der Waals surface area contributed by atoms with Gasteiger partial charge in [0.2, 0.25) is 0 Å². The molecule has 2 rings (SSSR count). The predicted molar refractivity (Wildman–Crippen MR) is 85.9 cm³/mol. The van der Waals surface area contributed by atoms with Crippen LogP contribution in [0.5, 0.6) is 5.75 Å². The topological polar surface area (TPSA) is 35.9 Å². The molecular formula is C17H28N2O2. The number of ether oxygens (including phenoxy) is 1. The van der Waals surface area contributed by atoms with Crippen molar-refractivity contribution in [3.63, 3.8) is 0 Å². The van der Waals surface area contributed by atoms with Crippen molar-refractivity contribution >= 4 is 0 Å². The van der Waals surface area contributed by atoms with Crippen LogP contribution in [0.1, 0.15) is 18.9 Å². The van der Waals surface area contributed by atoms with Crippen LogP contribution in [-0.2, 0) is 0 Å². The summed E-state index contributed by atoms with van der Waals surface area (Å²) in [4.78, 5) is 4.84. The van der Waals surface area contributed by atoms with Crippen molar-refractivity contribution in [2.75, 3.05) is 45.9 Å². The number of hydrogen-bond donors (Lipinski definition) is 1. The Bertz CT molecular complexity index is 413. The second kappa shape index (κ2) is 8.37. The Morgan fingerprint density at radius 2 is 1.90 bits per heavy atom. The van der Waals surface area contributed by atoms with Crippen molar-refractivity contribution < 1.29 is 9.84 Å². The van der Waals surface area contributed by atoms with E-state index in [-0.39, 0.29) is 6.61 Å². The van der Waals surface area contributed by atoms with Gasteiger partial charge in [-0.2, -0.15) is 0 Å². The van der Waals surface area contributed by atoms with E-state index < -0.39 is 0 Å². The lowest BCUT2D eigenvalue weighted by atomic mass is 10.1. The van der Waals surface area contributed by atoms with Gasteiger partial charge in [-0.25, -0.2) is 0 Å². The number of aryl methyl sites for hydroxylation is 1. The summed E-state index contributed by atoms with van der Waals surface area (Å²) in [6, 6.07) is 8.48. The molecule has 0 saturated carbocycles. The molecule has 0 spiro atoms. The minimum atomic E-state index is 0.271. The molecule has 1 N–H and O–H groups in total. The van der Waals surface area contributed by atoms with E-state index in [1.807, 2.05) is 18.2 Å². The SMILES string of the molecule is CCC(CO)N1CCN(CCOc2ccccc2C)CC1. The molecule has 1 unspecified atom stereocenters. The van der Waals surface area contributed by atoms with E-state index in [1.54, 1.807) is 0 Å². The summed E-state index contributed by atoms with van der Waals surface area (Å²) < 4.78 is 5.86. The quantitative estimate of drug-likeness (QED) is 0.831. The van der Waals surface area contributed by atoms with Gasteiger partial charge in [0.05, 0.1) is 6.61 Å². The molecule has 4 heteroatoms. The van der Waals surface area contributed by atoms with Crippen LogP contribution in [0, 0.1) is 6.92 Å². The first kappa shape index (κ1) is 16.3. The van der Waals surface area contributed by atoms with Gasteiger partial charge in [-0.3, -0.25) is 9.80 Å². The number of piperazine rings is 1. The van der Waals surface area contributed by atoms with E-state index in [1.165, 1.54) is 5.56 Å². The Morgan fingerprint density at radius 3 is 2.52 bits per heavy atom. The van der Waals surface area contributed by atoms with Crippen molar-refractivity contribution in [1.29, 1.82) is 0 Å².